The van der Waals surface area contributed by atoms with Crippen molar-refractivity contribution in [2.75, 3.05) is 11.6 Å². The summed E-state index contributed by atoms with van der Waals surface area (Å²) in [6.07, 6.45) is 7.02. The summed E-state index contributed by atoms with van der Waals surface area (Å²) in [6, 6.07) is 12.0. The molecule has 6 nitrogen and oxygen atoms in total. The highest BCUT2D eigenvalue weighted by molar-refractivity contribution is 7.98. The van der Waals surface area contributed by atoms with Gasteiger partial charge in [0.2, 0.25) is 0 Å². The van der Waals surface area contributed by atoms with E-state index in [0.29, 0.717) is 23.0 Å². The van der Waals surface area contributed by atoms with Crippen LogP contribution >= 0.6 is 11.8 Å². The lowest BCUT2D eigenvalue weighted by molar-refractivity contribution is 0.687. The van der Waals surface area contributed by atoms with Crippen LogP contribution in [-0.4, -0.2) is 26.0 Å². The molecule has 23 heavy (non-hydrogen) atoms. The van der Waals surface area contributed by atoms with Crippen LogP contribution in [-0.2, 0) is 6.54 Å². The first-order valence-electron chi connectivity index (χ1n) is 6.92. The predicted molar refractivity (Wildman–Crippen MR) is 89.6 cm³/mol. The molecule has 1 aromatic carbocycles. The molecule has 0 aliphatic carbocycles. The number of nitrogens with one attached hydrogen (secondary N) is 1. The van der Waals surface area contributed by atoms with Crippen LogP contribution in [0.2, 0.25) is 0 Å². The van der Waals surface area contributed by atoms with Gasteiger partial charge in [0.1, 0.15) is 23.0 Å². The van der Waals surface area contributed by atoms with E-state index in [4.69, 9.17) is 0 Å². The minimum absolute atomic E-state index is 0.456. The van der Waals surface area contributed by atoms with E-state index in [1.54, 1.807) is 6.20 Å². The van der Waals surface area contributed by atoms with Crippen LogP contribution in [0.4, 0.5) is 11.5 Å². The number of hydrogen-bond acceptors (Lipinski definition) is 6. The van der Waals surface area contributed by atoms with E-state index >= 15 is 0 Å². The number of nitriles is 1. The molecule has 7 heteroatoms. The topological polar surface area (TPSA) is 79.4 Å². The lowest BCUT2D eigenvalue weighted by atomic mass is 10.2. The third-order valence-electron chi connectivity index (χ3n) is 3.21. The first kappa shape index (κ1) is 15.1. The number of nitrogens with zero attached hydrogens (tertiary/aromatic N) is 5. The Labute approximate surface area is 138 Å². The molecule has 0 spiro atoms. The van der Waals surface area contributed by atoms with E-state index in [1.165, 1.54) is 18.1 Å². The Morgan fingerprint density at radius 3 is 2.96 bits per heavy atom. The lowest BCUT2D eigenvalue weighted by Gasteiger charge is -2.10. The van der Waals surface area contributed by atoms with Crippen LogP contribution in [0.25, 0.3) is 0 Å². The first-order chi connectivity index (χ1) is 11.3. The van der Waals surface area contributed by atoms with Gasteiger partial charge in [-0.05, 0) is 30.0 Å². The molecule has 0 unspecified atom stereocenters. The Hall–Kier alpha value is -2.85. The quantitative estimate of drug-likeness (QED) is 0.574. The third kappa shape index (κ3) is 3.49. The van der Waals surface area contributed by atoms with Gasteiger partial charge < -0.3 is 5.32 Å². The minimum atomic E-state index is 0.456. The van der Waals surface area contributed by atoms with E-state index in [9.17, 15) is 5.26 Å². The highest BCUT2D eigenvalue weighted by Gasteiger charge is 2.10. The Morgan fingerprint density at radius 2 is 2.22 bits per heavy atom. The zero-order chi connectivity index (χ0) is 16.1. The summed E-state index contributed by atoms with van der Waals surface area (Å²) in [4.78, 5) is 8.30. The van der Waals surface area contributed by atoms with Crippen molar-refractivity contribution >= 4 is 23.3 Å². The van der Waals surface area contributed by atoms with Gasteiger partial charge in [-0.1, -0.05) is 12.1 Å². The number of thioether (sulfide) groups is 1. The number of rotatable bonds is 5. The molecule has 2 heterocycles. The van der Waals surface area contributed by atoms with Crippen LogP contribution < -0.4 is 5.32 Å². The van der Waals surface area contributed by atoms with E-state index < -0.39 is 0 Å². The fourth-order valence-electron chi connectivity index (χ4n) is 2.18. The van der Waals surface area contributed by atoms with E-state index in [2.05, 4.69) is 26.5 Å². The van der Waals surface area contributed by atoms with Crippen molar-refractivity contribution in [3.8, 4) is 6.07 Å². The molecule has 0 aliphatic heterocycles. The van der Waals surface area contributed by atoms with Crippen molar-refractivity contribution in [3.63, 3.8) is 0 Å². The highest BCUT2D eigenvalue weighted by atomic mass is 32.2. The number of aromatic nitrogens is 4. The lowest BCUT2D eigenvalue weighted by Crippen LogP contribution is -2.02. The molecule has 0 amide bonds. The second kappa shape index (κ2) is 6.94. The SMILES string of the molecule is CSc1ncnc(Nc2cccc(Cn3cccn3)c2)c1C#N. The maximum Gasteiger partial charge on any atom is 0.152 e. The van der Waals surface area contributed by atoms with Crippen LogP contribution in [0, 0.1) is 11.3 Å². The molecule has 3 aromatic rings. The first-order valence-corrected chi connectivity index (χ1v) is 8.15. The summed E-state index contributed by atoms with van der Waals surface area (Å²) >= 11 is 1.43. The summed E-state index contributed by atoms with van der Waals surface area (Å²) in [7, 11) is 0. The second-order valence-electron chi connectivity index (χ2n) is 4.75. The zero-order valence-corrected chi connectivity index (χ0v) is 13.3. The molecule has 1 N–H and O–H groups in total. The Morgan fingerprint density at radius 1 is 1.30 bits per heavy atom. The average Bonchev–Trinajstić information content (AvgIpc) is 3.08. The maximum atomic E-state index is 9.34. The van der Waals surface area contributed by atoms with Crippen molar-refractivity contribution in [2.24, 2.45) is 0 Å². The van der Waals surface area contributed by atoms with Gasteiger partial charge in [-0.2, -0.15) is 10.4 Å². The van der Waals surface area contributed by atoms with Crippen molar-refractivity contribution in [2.45, 2.75) is 11.6 Å². The summed E-state index contributed by atoms with van der Waals surface area (Å²) in [6.45, 7) is 0.688. The fourth-order valence-corrected chi connectivity index (χ4v) is 2.68. The molecule has 0 bridgehead atoms. The molecule has 114 valence electrons. The molecule has 3 rings (SSSR count). The molecular weight excluding hydrogens is 308 g/mol. The molecule has 2 aromatic heterocycles. The summed E-state index contributed by atoms with van der Waals surface area (Å²) in [5.41, 5.74) is 2.44. The Bertz CT molecular complexity index is 838. The summed E-state index contributed by atoms with van der Waals surface area (Å²) < 4.78 is 1.86. The smallest absolute Gasteiger partial charge is 0.152 e. The highest BCUT2D eigenvalue weighted by Crippen LogP contribution is 2.25. The van der Waals surface area contributed by atoms with Gasteiger partial charge in [0.25, 0.3) is 0 Å². The predicted octanol–water partition coefficient (Wildman–Crippen LogP) is 3.06. The van der Waals surface area contributed by atoms with E-state index in [-0.39, 0.29) is 0 Å². The molecule has 0 saturated heterocycles. The molecule has 0 fully saturated rings. The fraction of sp³-hybridized carbons (Fsp3) is 0.125. The van der Waals surface area contributed by atoms with Gasteiger partial charge in [-0.25, -0.2) is 9.97 Å². The van der Waals surface area contributed by atoms with Crippen LogP contribution in [0.15, 0.2) is 54.1 Å². The summed E-state index contributed by atoms with van der Waals surface area (Å²) in [5.74, 6) is 0.517. The molecule has 0 radical (unpaired) electrons. The molecule has 0 saturated carbocycles. The van der Waals surface area contributed by atoms with Crippen molar-refractivity contribution in [3.05, 3.63) is 60.2 Å². The van der Waals surface area contributed by atoms with Gasteiger partial charge in [-0.3, -0.25) is 4.68 Å². The summed E-state index contributed by atoms with van der Waals surface area (Å²) in [5, 5.41) is 17.4. The Kier molecular flexibility index (Phi) is 4.54. The molecule has 0 atom stereocenters. The number of benzene rings is 1. The average molecular weight is 322 g/mol. The second-order valence-corrected chi connectivity index (χ2v) is 5.54. The molecular formula is C16H14N6S. The van der Waals surface area contributed by atoms with E-state index in [0.717, 1.165) is 11.3 Å². The van der Waals surface area contributed by atoms with Gasteiger partial charge >= 0.3 is 0 Å². The molecule has 0 aliphatic rings. The van der Waals surface area contributed by atoms with Crippen molar-refractivity contribution in [1.29, 1.82) is 5.26 Å². The van der Waals surface area contributed by atoms with Crippen molar-refractivity contribution < 1.29 is 0 Å². The largest absolute Gasteiger partial charge is 0.339 e. The van der Waals surface area contributed by atoms with Gasteiger partial charge in [-0.15, -0.1) is 11.8 Å². The van der Waals surface area contributed by atoms with Crippen molar-refractivity contribution in [1.82, 2.24) is 19.7 Å². The maximum absolute atomic E-state index is 9.34. The van der Waals surface area contributed by atoms with Crippen LogP contribution in [0.5, 0.6) is 0 Å². The number of anilines is 2. The number of hydrogen-bond donors (Lipinski definition) is 1. The van der Waals surface area contributed by atoms with Crippen LogP contribution in [0.3, 0.4) is 0 Å². The van der Waals surface area contributed by atoms with Gasteiger partial charge in [0.05, 0.1) is 6.54 Å². The standard InChI is InChI=1S/C16H14N6S/c1-23-16-14(9-17)15(18-11-19-16)21-13-5-2-4-12(8-13)10-22-7-3-6-20-22/h2-8,11H,10H2,1H3,(H,18,19,21). The van der Waals surface area contributed by atoms with Gasteiger partial charge in [0.15, 0.2) is 5.82 Å². The monoisotopic (exact) mass is 322 g/mol. The zero-order valence-electron chi connectivity index (χ0n) is 12.5. The van der Waals surface area contributed by atoms with E-state index in [1.807, 2.05) is 47.5 Å². The van der Waals surface area contributed by atoms with Crippen LogP contribution in [0.1, 0.15) is 11.1 Å². The third-order valence-corrected chi connectivity index (χ3v) is 3.91. The minimum Gasteiger partial charge on any atom is -0.339 e. The Balaban J connectivity index is 1.85. The normalized spacial score (nSPS) is 10.3. The van der Waals surface area contributed by atoms with Gasteiger partial charge in [0, 0.05) is 18.1 Å².